The number of rotatable bonds is 17. The van der Waals surface area contributed by atoms with E-state index in [1.54, 1.807) is 0 Å². The lowest BCUT2D eigenvalue weighted by Crippen LogP contribution is -2.45. The Labute approximate surface area is 151 Å². The molecule has 0 aliphatic carbocycles. The zero-order valence-electron chi connectivity index (χ0n) is 16.5. The molecule has 0 spiro atoms. The van der Waals surface area contributed by atoms with Crippen LogP contribution in [-0.2, 0) is 13.3 Å². The van der Waals surface area contributed by atoms with Gasteiger partial charge in [0.1, 0.15) is 0 Å². The summed E-state index contributed by atoms with van der Waals surface area (Å²) in [7, 11) is -2.71. The maximum atomic E-state index is 6.21. The summed E-state index contributed by atoms with van der Waals surface area (Å²) >= 11 is 0. The summed E-state index contributed by atoms with van der Waals surface area (Å²) in [6.45, 7) is 10.8. The average molecular weight is 357 g/mol. The largest absolute Gasteiger partial charge is 0.529 e. The molecule has 0 radical (unpaired) electrons. The third-order valence-electron chi connectivity index (χ3n) is 3.76. The Kier molecular flexibility index (Phi) is 17.1. The van der Waals surface area contributed by atoms with E-state index in [-0.39, 0.29) is 0 Å². The Morgan fingerprint density at radius 2 is 1.04 bits per heavy atom. The van der Waals surface area contributed by atoms with Crippen LogP contribution in [-0.4, -0.2) is 28.6 Å². The normalized spacial score (nSPS) is 12.7. The van der Waals surface area contributed by atoms with Crippen molar-refractivity contribution in [3.8, 4) is 0 Å². The third-order valence-corrected chi connectivity index (χ3v) is 6.18. The van der Waals surface area contributed by atoms with Crippen LogP contribution in [0.1, 0.15) is 85.5 Å². The molecule has 0 fully saturated rings. The fourth-order valence-corrected chi connectivity index (χ4v) is 4.43. The molecule has 0 aromatic rings. The van der Waals surface area contributed by atoms with Crippen molar-refractivity contribution < 1.29 is 13.3 Å². The molecular weight excluding hydrogens is 316 g/mol. The molecule has 24 heavy (non-hydrogen) atoms. The van der Waals surface area contributed by atoms with Crippen LogP contribution in [0.2, 0.25) is 0 Å². The maximum Gasteiger partial charge on any atom is 0.529 e. The number of allylic oxidation sites excluding steroid dienone is 3. The molecule has 0 unspecified atom stereocenters. The quantitative estimate of drug-likeness (QED) is 0.176. The van der Waals surface area contributed by atoms with Crippen LogP contribution < -0.4 is 0 Å². The lowest BCUT2D eigenvalue weighted by Gasteiger charge is -2.27. The van der Waals surface area contributed by atoms with Gasteiger partial charge in [-0.2, -0.15) is 0 Å². The smallest absolute Gasteiger partial charge is 0.370 e. The molecule has 0 aliphatic rings. The first kappa shape index (κ1) is 23.6. The molecule has 0 aromatic heterocycles. The SMILES string of the molecule is CC=CC=C[Si](OCCCCC)(OCCCCC)OCCCCC. The minimum Gasteiger partial charge on any atom is -0.370 e. The average Bonchev–Trinajstić information content (AvgIpc) is 2.60. The molecule has 0 amide bonds. The Balaban J connectivity index is 4.78. The standard InChI is InChI=1S/C20H40O3Si/c1-5-9-13-17-21-24(20-16-12-8-4,22-18-14-10-6-2)23-19-15-11-7-3/h8,12,16,20H,5-7,9-11,13-15,17-19H2,1-4H3. The molecule has 3 nitrogen and oxygen atoms in total. The maximum absolute atomic E-state index is 6.21. The van der Waals surface area contributed by atoms with Crippen LogP contribution >= 0.6 is 0 Å². The van der Waals surface area contributed by atoms with Gasteiger partial charge in [0, 0.05) is 19.8 Å². The van der Waals surface area contributed by atoms with Crippen molar-refractivity contribution in [3.05, 3.63) is 23.9 Å². The molecule has 0 heterocycles. The second-order valence-electron chi connectivity index (χ2n) is 6.16. The van der Waals surface area contributed by atoms with Crippen LogP contribution in [0.3, 0.4) is 0 Å². The molecular formula is C20H40O3Si. The van der Waals surface area contributed by atoms with E-state index in [4.69, 9.17) is 13.3 Å². The highest BCUT2D eigenvalue weighted by molar-refractivity contribution is 6.66. The van der Waals surface area contributed by atoms with E-state index in [1.807, 2.05) is 25.2 Å². The lowest BCUT2D eigenvalue weighted by molar-refractivity contribution is 0.0676. The fraction of sp³-hybridized carbons (Fsp3) is 0.800. The van der Waals surface area contributed by atoms with Crippen molar-refractivity contribution in [1.29, 1.82) is 0 Å². The van der Waals surface area contributed by atoms with E-state index in [2.05, 4.69) is 26.5 Å². The lowest BCUT2D eigenvalue weighted by atomic mass is 10.3. The van der Waals surface area contributed by atoms with Gasteiger partial charge in [-0.25, -0.2) is 0 Å². The van der Waals surface area contributed by atoms with Gasteiger partial charge in [-0.15, -0.1) is 0 Å². The van der Waals surface area contributed by atoms with Crippen LogP contribution in [0.25, 0.3) is 0 Å². The van der Waals surface area contributed by atoms with Crippen molar-refractivity contribution in [2.24, 2.45) is 0 Å². The zero-order valence-corrected chi connectivity index (χ0v) is 17.5. The Bertz CT molecular complexity index is 285. The summed E-state index contributed by atoms with van der Waals surface area (Å²) in [5.41, 5.74) is 2.05. The molecule has 0 aliphatic heterocycles. The second kappa shape index (κ2) is 17.4. The summed E-state index contributed by atoms with van der Waals surface area (Å²) in [4.78, 5) is 0. The summed E-state index contributed by atoms with van der Waals surface area (Å²) in [6, 6.07) is 0. The van der Waals surface area contributed by atoms with Gasteiger partial charge >= 0.3 is 8.80 Å². The first-order valence-electron chi connectivity index (χ1n) is 9.97. The highest BCUT2D eigenvalue weighted by Crippen LogP contribution is 2.16. The van der Waals surface area contributed by atoms with E-state index in [9.17, 15) is 0 Å². The van der Waals surface area contributed by atoms with Crippen LogP contribution in [0.15, 0.2) is 23.9 Å². The van der Waals surface area contributed by atoms with E-state index in [0.717, 1.165) is 39.1 Å². The minimum absolute atomic E-state index is 0.724. The number of unbranched alkanes of at least 4 members (excludes halogenated alkanes) is 6. The Morgan fingerprint density at radius 1 is 0.625 bits per heavy atom. The second-order valence-corrected chi connectivity index (χ2v) is 8.56. The van der Waals surface area contributed by atoms with Crippen molar-refractivity contribution in [3.63, 3.8) is 0 Å². The molecule has 4 heteroatoms. The topological polar surface area (TPSA) is 27.7 Å². The fourth-order valence-electron chi connectivity index (χ4n) is 2.25. The predicted octanol–water partition coefficient (Wildman–Crippen LogP) is 6.22. The summed E-state index contributed by atoms with van der Waals surface area (Å²) in [5, 5.41) is 0. The number of hydrogen-bond donors (Lipinski definition) is 0. The zero-order chi connectivity index (χ0) is 17.9. The molecule has 0 saturated heterocycles. The van der Waals surface area contributed by atoms with Crippen molar-refractivity contribution in [1.82, 2.24) is 0 Å². The molecule has 0 rings (SSSR count). The summed E-state index contributed by atoms with van der Waals surface area (Å²) in [5.74, 6) is 0. The van der Waals surface area contributed by atoms with Gasteiger partial charge in [-0.1, -0.05) is 77.5 Å². The first-order valence-corrected chi connectivity index (χ1v) is 11.8. The van der Waals surface area contributed by atoms with Crippen LogP contribution in [0.4, 0.5) is 0 Å². The molecule has 142 valence electrons. The van der Waals surface area contributed by atoms with Crippen LogP contribution in [0, 0.1) is 0 Å². The van der Waals surface area contributed by atoms with Crippen LogP contribution in [0.5, 0.6) is 0 Å². The molecule has 0 atom stereocenters. The minimum atomic E-state index is -2.71. The van der Waals surface area contributed by atoms with E-state index < -0.39 is 8.80 Å². The van der Waals surface area contributed by atoms with Crippen molar-refractivity contribution in [2.75, 3.05) is 19.8 Å². The Hall–Kier alpha value is -0.423. The van der Waals surface area contributed by atoms with Gasteiger partial charge in [0.25, 0.3) is 0 Å². The number of hydrogen-bond acceptors (Lipinski definition) is 3. The van der Waals surface area contributed by atoms with Gasteiger partial charge in [0.05, 0.1) is 0 Å². The van der Waals surface area contributed by atoms with Crippen molar-refractivity contribution >= 4 is 8.80 Å². The highest BCUT2D eigenvalue weighted by atomic mass is 28.4. The Morgan fingerprint density at radius 3 is 1.38 bits per heavy atom. The van der Waals surface area contributed by atoms with Gasteiger partial charge in [-0.3, -0.25) is 0 Å². The molecule has 0 aromatic carbocycles. The third kappa shape index (κ3) is 12.9. The molecule has 0 N–H and O–H groups in total. The molecule has 0 saturated carbocycles. The van der Waals surface area contributed by atoms with Gasteiger partial charge < -0.3 is 13.3 Å². The van der Waals surface area contributed by atoms with E-state index in [1.165, 1.54) is 38.5 Å². The highest BCUT2D eigenvalue weighted by Gasteiger charge is 2.38. The van der Waals surface area contributed by atoms with Crippen molar-refractivity contribution in [2.45, 2.75) is 85.5 Å². The summed E-state index contributed by atoms with van der Waals surface area (Å²) in [6.07, 6.45) is 16.4. The van der Waals surface area contributed by atoms with E-state index >= 15 is 0 Å². The van der Waals surface area contributed by atoms with Gasteiger partial charge in [0.15, 0.2) is 0 Å². The summed E-state index contributed by atoms with van der Waals surface area (Å²) < 4.78 is 18.6. The first-order chi connectivity index (χ1) is 11.7. The van der Waals surface area contributed by atoms with Gasteiger partial charge in [0.2, 0.25) is 0 Å². The molecule has 0 bridgehead atoms. The monoisotopic (exact) mass is 356 g/mol. The predicted molar refractivity (Wildman–Crippen MR) is 106 cm³/mol. The van der Waals surface area contributed by atoms with E-state index in [0.29, 0.717) is 0 Å². The van der Waals surface area contributed by atoms with Gasteiger partial charge in [-0.05, 0) is 31.9 Å².